The molecule has 0 saturated carbocycles. The highest BCUT2D eigenvalue weighted by Gasteiger charge is 2.30. The summed E-state index contributed by atoms with van der Waals surface area (Å²) in [5.74, 6) is -0.487. The number of alkyl halides is 3. The Bertz CT molecular complexity index is 989. The van der Waals surface area contributed by atoms with E-state index in [1.807, 2.05) is 19.1 Å². The lowest BCUT2D eigenvalue weighted by atomic mass is 10.1. The smallest absolute Gasteiger partial charge is 0.326 e. The lowest BCUT2D eigenvalue weighted by molar-refractivity contribution is -0.137. The van der Waals surface area contributed by atoms with Crippen LogP contribution in [0.3, 0.4) is 0 Å². The van der Waals surface area contributed by atoms with Gasteiger partial charge < -0.3 is 5.32 Å². The molecule has 0 fully saturated rings. The number of halogens is 3. The van der Waals surface area contributed by atoms with E-state index in [1.54, 1.807) is 13.0 Å². The van der Waals surface area contributed by atoms with Gasteiger partial charge in [0.2, 0.25) is 15.9 Å². The molecule has 1 amide bonds. The van der Waals surface area contributed by atoms with Gasteiger partial charge in [0.1, 0.15) is 0 Å². The SMILES string of the molecule is Cc1ccc(C)c(N(CCCC(=O)Nc2cccc(C(F)(F)F)c2)S(C)(=O)=O)c1. The molecule has 0 aliphatic carbocycles. The number of nitrogens with zero attached hydrogens (tertiary/aromatic N) is 1. The summed E-state index contributed by atoms with van der Waals surface area (Å²) in [4.78, 5) is 12.1. The lowest BCUT2D eigenvalue weighted by Gasteiger charge is -2.24. The molecule has 1 N–H and O–H groups in total. The monoisotopic (exact) mass is 428 g/mol. The van der Waals surface area contributed by atoms with Crippen LogP contribution in [-0.2, 0) is 21.0 Å². The molecular formula is C20H23F3N2O3S. The topological polar surface area (TPSA) is 66.5 Å². The number of amides is 1. The predicted octanol–water partition coefficient (Wildman–Crippen LogP) is 4.51. The van der Waals surface area contributed by atoms with Crippen LogP contribution in [0.2, 0.25) is 0 Å². The van der Waals surface area contributed by atoms with E-state index < -0.39 is 27.7 Å². The van der Waals surface area contributed by atoms with Crippen molar-refractivity contribution in [1.29, 1.82) is 0 Å². The fraction of sp³-hybridized carbons (Fsp3) is 0.350. The molecule has 0 unspecified atom stereocenters. The molecule has 0 aliphatic heterocycles. The number of carbonyl (C=O) groups excluding carboxylic acids is 1. The molecule has 0 bridgehead atoms. The van der Waals surface area contributed by atoms with Crippen LogP contribution in [-0.4, -0.2) is 27.1 Å². The van der Waals surface area contributed by atoms with E-state index in [1.165, 1.54) is 16.4 Å². The molecule has 9 heteroatoms. The molecule has 0 aromatic heterocycles. The first-order valence-electron chi connectivity index (χ1n) is 8.90. The standard InChI is InChI=1S/C20H23F3N2O3S/c1-14-9-10-15(2)18(12-14)25(29(3,27)28)11-5-8-19(26)24-17-7-4-6-16(13-17)20(21,22)23/h4,6-7,9-10,12-13H,5,8,11H2,1-3H3,(H,24,26). The molecule has 2 aromatic carbocycles. The van der Waals surface area contributed by atoms with Crippen LogP contribution in [0.5, 0.6) is 0 Å². The van der Waals surface area contributed by atoms with Crippen LogP contribution in [0, 0.1) is 13.8 Å². The maximum absolute atomic E-state index is 12.8. The van der Waals surface area contributed by atoms with E-state index in [0.717, 1.165) is 29.5 Å². The first-order valence-corrected chi connectivity index (χ1v) is 10.7. The van der Waals surface area contributed by atoms with Crippen molar-refractivity contribution >= 4 is 27.3 Å². The van der Waals surface area contributed by atoms with Crippen molar-refractivity contribution in [1.82, 2.24) is 0 Å². The summed E-state index contributed by atoms with van der Waals surface area (Å²) in [5, 5.41) is 2.42. The molecule has 0 atom stereocenters. The van der Waals surface area contributed by atoms with Gasteiger partial charge >= 0.3 is 6.18 Å². The number of aryl methyl sites for hydroxylation is 2. The normalized spacial score (nSPS) is 11.9. The minimum atomic E-state index is -4.50. The quantitative estimate of drug-likeness (QED) is 0.706. The zero-order chi connectivity index (χ0) is 21.8. The fourth-order valence-corrected chi connectivity index (χ4v) is 3.85. The molecule has 0 radical (unpaired) electrons. The summed E-state index contributed by atoms with van der Waals surface area (Å²) in [6.07, 6.45) is -3.22. The van der Waals surface area contributed by atoms with Crippen LogP contribution in [0.1, 0.15) is 29.5 Å². The summed E-state index contributed by atoms with van der Waals surface area (Å²) < 4.78 is 63.9. The Balaban J connectivity index is 2.03. The Kier molecular flexibility index (Phi) is 6.94. The third kappa shape index (κ3) is 6.49. The van der Waals surface area contributed by atoms with Gasteiger partial charge in [-0.25, -0.2) is 8.42 Å². The summed E-state index contributed by atoms with van der Waals surface area (Å²) in [6, 6.07) is 9.82. The molecule has 2 aromatic rings. The molecule has 2 rings (SSSR count). The summed E-state index contributed by atoms with van der Waals surface area (Å²) >= 11 is 0. The van der Waals surface area contributed by atoms with E-state index in [9.17, 15) is 26.4 Å². The van der Waals surface area contributed by atoms with Gasteiger partial charge in [-0.15, -0.1) is 0 Å². The Morgan fingerprint density at radius 3 is 2.41 bits per heavy atom. The molecule has 0 aliphatic rings. The first-order chi connectivity index (χ1) is 13.4. The Morgan fingerprint density at radius 1 is 1.10 bits per heavy atom. The molecule has 158 valence electrons. The number of anilines is 2. The van der Waals surface area contributed by atoms with Crippen LogP contribution < -0.4 is 9.62 Å². The van der Waals surface area contributed by atoms with Gasteiger partial charge in [-0.3, -0.25) is 9.10 Å². The maximum Gasteiger partial charge on any atom is 0.416 e. The largest absolute Gasteiger partial charge is 0.416 e. The maximum atomic E-state index is 12.8. The van der Waals surface area contributed by atoms with E-state index in [-0.39, 0.29) is 25.1 Å². The third-order valence-electron chi connectivity index (χ3n) is 4.27. The van der Waals surface area contributed by atoms with Crippen molar-refractivity contribution in [3.8, 4) is 0 Å². The number of nitrogens with one attached hydrogen (secondary N) is 1. The van der Waals surface area contributed by atoms with Gasteiger partial charge in [-0.2, -0.15) is 13.2 Å². The molecule has 0 heterocycles. The van der Waals surface area contributed by atoms with Gasteiger partial charge in [0.15, 0.2) is 0 Å². The molecule has 29 heavy (non-hydrogen) atoms. The Hall–Kier alpha value is -2.55. The third-order valence-corrected chi connectivity index (χ3v) is 5.45. The Labute approximate surface area is 168 Å². The number of hydrogen-bond donors (Lipinski definition) is 1. The molecule has 5 nitrogen and oxygen atoms in total. The number of carbonyl (C=O) groups is 1. The zero-order valence-corrected chi connectivity index (χ0v) is 17.2. The predicted molar refractivity (Wildman–Crippen MR) is 107 cm³/mol. The fourth-order valence-electron chi connectivity index (χ4n) is 2.83. The Morgan fingerprint density at radius 2 is 1.79 bits per heavy atom. The van der Waals surface area contributed by atoms with Crippen molar-refractivity contribution in [2.45, 2.75) is 32.9 Å². The number of benzene rings is 2. The summed E-state index contributed by atoms with van der Waals surface area (Å²) in [7, 11) is -3.56. The second-order valence-corrected chi connectivity index (χ2v) is 8.76. The van der Waals surface area contributed by atoms with Gasteiger partial charge in [0, 0.05) is 18.7 Å². The van der Waals surface area contributed by atoms with Gasteiger partial charge in [0.05, 0.1) is 17.5 Å². The lowest BCUT2D eigenvalue weighted by Crippen LogP contribution is -2.32. The molecule has 0 saturated heterocycles. The van der Waals surface area contributed by atoms with Gasteiger partial charge in [0.25, 0.3) is 0 Å². The highest BCUT2D eigenvalue weighted by Crippen LogP contribution is 2.30. The van der Waals surface area contributed by atoms with E-state index in [2.05, 4.69) is 5.32 Å². The average molecular weight is 428 g/mol. The van der Waals surface area contributed by atoms with Crippen molar-refractivity contribution < 1.29 is 26.4 Å². The van der Waals surface area contributed by atoms with Crippen LogP contribution in [0.25, 0.3) is 0 Å². The van der Waals surface area contributed by atoms with Crippen molar-refractivity contribution in [3.63, 3.8) is 0 Å². The molecule has 0 spiro atoms. The average Bonchev–Trinajstić information content (AvgIpc) is 2.59. The van der Waals surface area contributed by atoms with Crippen LogP contribution >= 0.6 is 0 Å². The first kappa shape index (κ1) is 22.7. The minimum absolute atomic E-state index is 0.0346. The van der Waals surface area contributed by atoms with Crippen molar-refractivity contribution in [2.75, 3.05) is 22.4 Å². The number of sulfonamides is 1. The van der Waals surface area contributed by atoms with Gasteiger partial charge in [-0.05, 0) is 55.7 Å². The van der Waals surface area contributed by atoms with Crippen LogP contribution in [0.15, 0.2) is 42.5 Å². The summed E-state index contributed by atoms with van der Waals surface area (Å²) in [5.41, 5.74) is 1.43. The highest BCUT2D eigenvalue weighted by molar-refractivity contribution is 7.92. The number of hydrogen-bond acceptors (Lipinski definition) is 3. The minimum Gasteiger partial charge on any atom is -0.326 e. The summed E-state index contributed by atoms with van der Waals surface area (Å²) in [6.45, 7) is 3.73. The highest BCUT2D eigenvalue weighted by atomic mass is 32.2. The van der Waals surface area contributed by atoms with E-state index in [4.69, 9.17) is 0 Å². The van der Waals surface area contributed by atoms with E-state index in [0.29, 0.717) is 5.69 Å². The van der Waals surface area contributed by atoms with E-state index >= 15 is 0 Å². The zero-order valence-electron chi connectivity index (χ0n) is 16.4. The second kappa shape index (κ2) is 8.86. The van der Waals surface area contributed by atoms with Crippen LogP contribution in [0.4, 0.5) is 24.5 Å². The second-order valence-electron chi connectivity index (χ2n) is 6.86. The molecular weight excluding hydrogens is 405 g/mol. The van der Waals surface area contributed by atoms with Gasteiger partial charge in [-0.1, -0.05) is 18.2 Å². The number of rotatable bonds is 7. The van der Waals surface area contributed by atoms with Crippen molar-refractivity contribution in [2.24, 2.45) is 0 Å². The van der Waals surface area contributed by atoms with Crippen molar-refractivity contribution in [3.05, 3.63) is 59.2 Å².